The van der Waals surface area contributed by atoms with Crippen molar-refractivity contribution in [1.82, 2.24) is 18.9 Å². The molecule has 4 nitrogen and oxygen atoms in total. The largest absolute Gasteiger partial charge is 0.299 e. The summed E-state index contributed by atoms with van der Waals surface area (Å²) in [5.74, 6) is 0.663. The van der Waals surface area contributed by atoms with Crippen molar-refractivity contribution in [3.8, 4) is 61.8 Å². The van der Waals surface area contributed by atoms with E-state index in [4.69, 9.17) is 16.8 Å². The number of imidazole rings is 2. The second-order valence-electron chi connectivity index (χ2n) is 11.6. The van der Waals surface area contributed by atoms with E-state index in [1.807, 2.05) is 128 Å². The fourth-order valence-corrected chi connectivity index (χ4v) is 6.44. The summed E-state index contributed by atoms with van der Waals surface area (Å²) >= 11 is 0. The van der Waals surface area contributed by atoms with Gasteiger partial charge >= 0.3 is 0 Å². The summed E-state index contributed by atoms with van der Waals surface area (Å²) < 4.78 is 47.2. The van der Waals surface area contributed by atoms with Crippen LogP contribution in [0.2, 0.25) is 0 Å². The molecule has 0 aliphatic heterocycles. The van der Waals surface area contributed by atoms with E-state index >= 15 is 0 Å². The Balaban J connectivity index is 1.30. The maximum absolute atomic E-state index is 8.89. The molecule has 226 valence electrons. The molecule has 0 atom stereocenters. The van der Waals surface area contributed by atoms with Crippen LogP contribution in [0.5, 0.6) is 0 Å². The third kappa shape index (κ3) is 4.88. The summed E-state index contributed by atoms with van der Waals surface area (Å²) in [5.41, 5.74) is 10.3. The number of hydrogen-bond acceptors (Lipinski definition) is 2. The van der Waals surface area contributed by atoms with Gasteiger partial charge in [0, 0.05) is 28.6 Å². The Morgan fingerprint density at radius 3 is 1.96 bits per heavy atom. The van der Waals surface area contributed by atoms with Crippen molar-refractivity contribution in [2.45, 2.75) is 0 Å². The number of aromatic nitrogens is 4. The highest BCUT2D eigenvalue weighted by molar-refractivity contribution is 5.88. The Bertz CT molecular complexity index is 2820. The molecule has 0 saturated heterocycles. The first-order valence-corrected chi connectivity index (χ1v) is 15.8. The lowest BCUT2D eigenvalue weighted by Crippen LogP contribution is -1.98. The van der Waals surface area contributed by atoms with Crippen LogP contribution in [-0.4, -0.2) is 18.9 Å². The molecule has 0 saturated carbocycles. The van der Waals surface area contributed by atoms with E-state index in [0.717, 1.165) is 61.6 Å². The molecule has 0 aliphatic carbocycles. The molecule has 0 bridgehead atoms. The van der Waals surface area contributed by atoms with Gasteiger partial charge in [-0.05, 0) is 82.9 Å². The molecule has 0 unspecified atom stereocenters. The van der Waals surface area contributed by atoms with Crippen LogP contribution < -0.4 is 0 Å². The summed E-state index contributed by atoms with van der Waals surface area (Å²) in [5, 5.41) is 0. The van der Waals surface area contributed by atoms with E-state index in [9.17, 15) is 0 Å². The van der Waals surface area contributed by atoms with Crippen LogP contribution in [0.15, 0.2) is 182 Å². The lowest BCUT2D eigenvalue weighted by molar-refractivity contribution is 1.10. The predicted molar refractivity (Wildman–Crippen MR) is 197 cm³/mol. The third-order valence-electron chi connectivity index (χ3n) is 8.60. The topological polar surface area (TPSA) is 35.1 Å². The minimum atomic E-state index is -0.430. The van der Waals surface area contributed by atoms with E-state index in [1.54, 1.807) is 0 Å². The van der Waals surface area contributed by atoms with Gasteiger partial charge in [0.2, 0.25) is 0 Å². The van der Waals surface area contributed by atoms with E-state index in [0.29, 0.717) is 11.4 Å². The minimum absolute atomic E-state index is 0.129. The van der Waals surface area contributed by atoms with Crippen LogP contribution in [0.4, 0.5) is 0 Å². The van der Waals surface area contributed by atoms with Gasteiger partial charge in [0.25, 0.3) is 0 Å². The number of para-hydroxylation sites is 3. The highest BCUT2D eigenvalue weighted by Crippen LogP contribution is 2.38. The van der Waals surface area contributed by atoms with Crippen molar-refractivity contribution < 1.29 is 6.85 Å². The Morgan fingerprint density at radius 2 is 1.12 bits per heavy atom. The Labute approximate surface area is 285 Å². The number of benzene rings is 6. The van der Waals surface area contributed by atoms with E-state index in [1.165, 1.54) is 0 Å². The van der Waals surface area contributed by atoms with Gasteiger partial charge in [-0.15, -0.1) is 0 Å². The van der Waals surface area contributed by atoms with Gasteiger partial charge in [-0.25, -0.2) is 9.97 Å². The fourth-order valence-electron chi connectivity index (χ4n) is 6.44. The zero-order valence-electron chi connectivity index (χ0n) is 30.7. The molecule has 0 aliphatic rings. The number of nitrogens with zero attached hydrogens (tertiary/aromatic N) is 4. The van der Waals surface area contributed by atoms with E-state index in [2.05, 4.69) is 33.2 Å². The zero-order chi connectivity index (χ0) is 36.2. The van der Waals surface area contributed by atoms with E-state index < -0.39 is 6.04 Å². The molecule has 0 spiro atoms. The molecule has 3 heterocycles. The first-order valence-electron chi connectivity index (χ1n) is 18.3. The molecular formula is C44H30N4. The molecule has 3 aromatic heterocycles. The smallest absolute Gasteiger partial charge is 0.145 e. The molecule has 9 rings (SSSR count). The van der Waals surface area contributed by atoms with Crippen LogP contribution in [0.1, 0.15) is 6.85 Å². The number of pyridine rings is 1. The van der Waals surface area contributed by atoms with Gasteiger partial charge in [-0.1, -0.05) is 115 Å². The fraction of sp³-hybridized carbons (Fsp3) is 0. The highest BCUT2D eigenvalue weighted by Gasteiger charge is 2.19. The van der Waals surface area contributed by atoms with Gasteiger partial charge in [0.15, 0.2) is 0 Å². The molecule has 0 N–H and O–H groups in total. The number of rotatable bonds is 6. The second kappa shape index (κ2) is 11.7. The van der Waals surface area contributed by atoms with Crippen molar-refractivity contribution >= 4 is 16.7 Å². The van der Waals surface area contributed by atoms with Crippen molar-refractivity contribution in [1.29, 1.82) is 0 Å². The molecule has 4 heteroatoms. The molecule has 48 heavy (non-hydrogen) atoms. The summed E-state index contributed by atoms with van der Waals surface area (Å²) in [7, 11) is 0. The lowest BCUT2D eigenvalue weighted by atomic mass is 9.94. The second-order valence-corrected chi connectivity index (χ2v) is 11.6. The SMILES string of the molecule is [2H]c1c([2H])c([2H])c(-c2cc(-c3cccc(-c4nc5ccccn5c4-c4ccccc4)c3)cc(-c3nc4ccccc4n3-c3ccccc3)c2)c([2H])c1[2H]. The maximum Gasteiger partial charge on any atom is 0.145 e. The van der Waals surface area contributed by atoms with Crippen LogP contribution in [0.25, 0.3) is 78.5 Å². The standard InChI is InChI=1S/C44H30N4/c1-4-15-31(16-5-1)35-28-36(30-37(29-35)44-45-39-23-10-11-24-40(39)48(44)38-21-8-3-9-22-38)33-19-14-20-34(27-33)42-43(32-17-6-2-7-18-32)47-26-13-12-25-41(47)46-42/h1-30H/i1D,4D,5D,15D,16D. The normalized spacial score (nSPS) is 12.8. The van der Waals surface area contributed by atoms with Gasteiger partial charge in [-0.2, -0.15) is 0 Å². The summed E-state index contributed by atoms with van der Waals surface area (Å²) in [6, 6.07) is 46.4. The Morgan fingerprint density at radius 1 is 0.479 bits per heavy atom. The minimum Gasteiger partial charge on any atom is -0.299 e. The van der Waals surface area contributed by atoms with Crippen molar-refractivity contribution in [2.75, 3.05) is 0 Å². The quantitative estimate of drug-likeness (QED) is 0.186. The maximum atomic E-state index is 8.89. The molecule has 6 aromatic carbocycles. The first kappa shape index (κ1) is 22.9. The molecule has 9 aromatic rings. The van der Waals surface area contributed by atoms with Crippen molar-refractivity contribution in [3.63, 3.8) is 0 Å². The average Bonchev–Trinajstić information content (AvgIpc) is 3.80. The van der Waals surface area contributed by atoms with Gasteiger partial charge in [0.1, 0.15) is 11.5 Å². The highest BCUT2D eigenvalue weighted by atomic mass is 15.1. The summed E-state index contributed by atoms with van der Waals surface area (Å²) in [6.45, 7) is 0. The van der Waals surface area contributed by atoms with Crippen LogP contribution in [0.3, 0.4) is 0 Å². The molecule has 0 radical (unpaired) electrons. The molecular weight excluding hydrogens is 585 g/mol. The zero-order valence-corrected chi connectivity index (χ0v) is 25.7. The van der Waals surface area contributed by atoms with Crippen molar-refractivity contribution in [3.05, 3.63) is 182 Å². The van der Waals surface area contributed by atoms with Crippen LogP contribution in [0, 0.1) is 0 Å². The predicted octanol–water partition coefficient (Wildman–Crippen LogP) is 11.0. The van der Waals surface area contributed by atoms with Gasteiger partial charge < -0.3 is 0 Å². The summed E-state index contributed by atoms with van der Waals surface area (Å²) in [6.07, 6.45) is 2.02. The first-order chi connectivity index (χ1) is 25.9. The lowest BCUT2D eigenvalue weighted by Gasteiger charge is -2.14. The Kier molecular flexibility index (Phi) is 5.58. The van der Waals surface area contributed by atoms with Gasteiger partial charge in [0.05, 0.1) is 29.3 Å². The van der Waals surface area contributed by atoms with Gasteiger partial charge in [-0.3, -0.25) is 8.97 Å². The third-order valence-corrected chi connectivity index (χ3v) is 8.60. The van der Waals surface area contributed by atoms with Crippen molar-refractivity contribution in [2.24, 2.45) is 0 Å². The summed E-state index contributed by atoms with van der Waals surface area (Å²) in [4.78, 5) is 10.2. The monoisotopic (exact) mass is 619 g/mol. The number of hydrogen-bond donors (Lipinski definition) is 0. The van der Waals surface area contributed by atoms with E-state index in [-0.39, 0.29) is 29.7 Å². The average molecular weight is 620 g/mol. The molecule has 0 fully saturated rings. The van der Waals surface area contributed by atoms with Crippen LogP contribution in [-0.2, 0) is 0 Å². The Hall–Kier alpha value is -6.52. The molecule has 0 amide bonds. The van der Waals surface area contributed by atoms with Crippen LogP contribution >= 0.6 is 0 Å². The number of fused-ring (bicyclic) bond motifs is 2.